The van der Waals surface area contributed by atoms with Gasteiger partial charge in [-0.05, 0) is 54.7 Å². The maximum absolute atomic E-state index is 13.8. The van der Waals surface area contributed by atoms with Gasteiger partial charge in [-0.15, -0.1) is 0 Å². The Kier molecular flexibility index (Phi) is 11.2. The Morgan fingerprint density at radius 1 is 0.923 bits per heavy atom. The number of hydrogen-bond donors (Lipinski definition) is 0. The normalized spacial score (nSPS) is 13.8. The predicted octanol–water partition coefficient (Wildman–Crippen LogP) is 6.42. The topological polar surface area (TPSA) is 54.8 Å². The molecule has 0 N–H and O–H groups in total. The summed E-state index contributed by atoms with van der Waals surface area (Å²) in [4.78, 5) is 30.6. The molecule has 6 nitrogen and oxygen atoms in total. The van der Waals surface area contributed by atoms with Gasteiger partial charge in [0, 0.05) is 35.5 Å². The third-order valence-corrected chi connectivity index (χ3v) is 7.90. The fourth-order valence-electron chi connectivity index (χ4n) is 5.26. The van der Waals surface area contributed by atoms with E-state index in [0.717, 1.165) is 54.4 Å². The summed E-state index contributed by atoms with van der Waals surface area (Å²) in [5, 5.41) is 0. The third kappa shape index (κ3) is 8.80. The summed E-state index contributed by atoms with van der Waals surface area (Å²) in [6.45, 7) is 4.31. The van der Waals surface area contributed by atoms with Gasteiger partial charge >= 0.3 is 0 Å². The minimum atomic E-state index is -0.136. The van der Waals surface area contributed by atoms with Gasteiger partial charge in [0.05, 0.1) is 19.7 Å². The molecule has 1 heterocycles. The number of benzene rings is 2. The predicted molar refractivity (Wildman–Crippen MR) is 158 cm³/mol. The van der Waals surface area contributed by atoms with Gasteiger partial charge in [0.25, 0.3) is 0 Å². The van der Waals surface area contributed by atoms with Crippen molar-refractivity contribution in [3.63, 3.8) is 0 Å². The zero-order valence-electron chi connectivity index (χ0n) is 22.9. The average Bonchev–Trinajstić information content (AvgIpc) is 3.40. The Morgan fingerprint density at radius 2 is 1.67 bits per heavy atom. The molecule has 1 saturated carbocycles. The van der Waals surface area contributed by atoms with Crippen molar-refractivity contribution in [2.24, 2.45) is 0 Å². The highest BCUT2D eigenvalue weighted by atomic mass is 79.9. The molecule has 0 atom stereocenters. The van der Waals surface area contributed by atoms with Crippen LogP contribution in [0.4, 0.5) is 0 Å². The zero-order valence-corrected chi connectivity index (χ0v) is 24.5. The second kappa shape index (κ2) is 15.0. The van der Waals surface area contributed by atoms with E-state index in [4.69, 9.17) is 4.74 Å². The number of halogens is 1. The van der Waals surface area contributed by atoms with Crippen molar-refractivity contribution in [1.82, 2.24) is 14.4 Å². The third-order valence-electron chi connectivity index (χ3n) is 7.37. The van der Waals surface area contributed by atoms with Crippen LogP contribution >= 0.6 is 15.9 Å². The summed E-state index contributed by atoms with van der Waals surface area (Å²) >= 11 is 3.51. The lowest BCUT2D eigenvalue weighted by Gasteiger charge is -2.36. The summed E-state index contributed by atoms with van der Waals surface area (Å²) in [5.41, 5.74) is 3.34. The van der Waals surface area contributed by atoms with E-state index in [1.807, 2.05) is 42.2 Å². The number of carbonyl (C=O) groups excluding carboxylic acids is 2. The fourth-order valence-corrected chi connectivity index (χ4v) is 5.52. The molecule has 1 fully saturated rings. The SMILES string of the molecule is CCCN(CC(=O)N(Cc1cccn1Cc1ccc(Br)cc1)C1CCCCC1)C(=O)COCc1ccccc1. The summed E-state index contributed by atoms with van der Waals surface area (Å²) in [6, 6.07) is 22.5. The monoisotopic (exact) mass is 593 g/mol. The zero-order chi connectivity index (χ0) is 27.5. The summed E-state index contributed by atoms with van der Waals surface area (Å²) in [5.74, 6) is -0.119. The average molecular weight is 595 g/mol. The standard InChI is InChI=1S/C32H40BrN3O3/c1-2-19-35(32(38)25-39-24-27-10-5-3-6-11-27)23-31(37)36(29-12-7-4-8-13-29)22-30-14-9-20-34(30)21-26-15-17-28(33)18-16-26/h3,5-6,9-11,14-18,20,29H,2,4,7-8,12-13,19,21-25H2,1H3. The first-order valence-electron chi connectivity index (χ1n) is 14.1. The molecule has 4 rings (SSSR count). The van der Waals surface area contributed by atoms with Crippen LogP contribution in [0, 0.1) is 0 Å². The van der Waals surface area contributed by atoms with Crippen molar-refractivity contribution >= 4 is 27.7 Å². The van der Waals surface area contributed by atoms with Crippen LogP contribution in [0.15, 0.2) is 77.4 Å². The van der Waals surface area contributed by atoms with E-state index in [1.54, 1.807) is 4.90 Å². The molecule has 39 heavy (non-hydrogen) atoms. The molecule has 3 aromatic rings. The van der Waals surface area contributed by atoms with Crippen molar-refractivity contribution in [3.8, 4) is 0 Å². The number of carbonyl (C=O) groups is 2. The lowest BCUT2D eigenvalue weighted by molar-refractivity contribution is -0.145. The van der Waals surface area contributed by atoms with E-state index in [1.165, 1.54) is 12.0 Å². The molecule has 0 saturated heterocycles. The summed E-state index contributed by atoms with van der Waals surface area (Å²) < 4.78 is 8.99. The minimum Gasteiger partial charge on any atom is -0.367 e. The molecule has 0 aliphatic heterocycles. The Balaban J connectivity index is 1.43. The Hall–Kier alpha value is -2.90. The van der Waals surface area contributed by atoms with Gasteiger partial charge in [-0.25, -0.2) is 0 Å². The van der Waals surface area contributed by atoms with Crippen molar-refractivity contribution in [1.29, 1.82) is 0 Å². The minimum absolute atomic E-state index is 0.0168. The largest absolute Gasteiger partial charge is 0.367 e. The van der Waals surface area contributed by atoms with Crippen molar-refractivity contribution < 1.29 is 14.3 Å². The second-order valence-electron chi connectivity index (χ2n) is 10.4. The maximum Gasteiger partial charge on any atom is 0.249 e. The van der Waals surface area contributed by atoms with Gasteiger partial charge in [-0.3, -0.25) is 9.59 Å². The van der Waals surface area contributed by atoms with Gasteiger partial charge in [0.15, 0.2) is 0 Å². The second-order valence-corrected chi connectivity index (χ2v) is 11.3. The molecule has 1 aliphatic carbocycles. The Morgan fingerprint density at radius 3 is 2.38 bits per heavy atom. The van der Waals surface area contributed by atoms with Crippen molar-refractivity contribution in [2.75, 3.05) is 19.7 Å². The Labute approximate surface area is 241 Å². The van der Waals surface area contributed by atoms with Crippen LogP contribution < -0.4 is 0 Å². The van der Waals surface area contributed by atoms with Crippen LogP contribution in [-0.2, 0) is 34.0 Å². The molecule has 2 aromatic carbocycles. The van der Waals surface area contributed by atoms with E-state index in [9.17, 15) is 9.59 Å². The first-order chi connectivity index (χ1) is 19.0. The molecule has 1 aliphatic rings. The van der Waals surface area contributed by atoms with E-state index >= 15 is 0 Å². The van der Waals surface area contributed by atoms with Crippen molar-refractivity contribution in [2.45, 2.75) is 71.2 Å². The smallest absolute Gasteiger partial charge is 0.249 e. The highest BCUT2D eigenvalue weighted by Gasteiger charge is 2.28. The molecule has 2 amide bonds. The Bertz CT molecular complexity index is 1170. The van der Waals surface area contributed by atoms with E-state index in [0.29, 0.717) is 19.7 Å². The fraction of sp³-hybridized carbons (Fsp3) is 0.438. The molecule has 1 aromatic heterocycles. The van der Waals surface area contributed by atoms with Gasteiger partial charge in [-0.1, -0.05) is 84.6 Å². The molecular weight excluding hydrogens is 554 g/mol. The van der Waals surface area contributed by atoms with Crippen LogP contribution in [-0.4, -0.2) is 51.9 Å². The molecule has 0 radical (unpaired) electrons. The van der Waals surface area contributed by atoms with E-state index in [2.05, 4.69) is 63.1 Å². The first kappa shape index (κ1) is 29.1. The van der Waals surface area contributed by atoms with Gasteiger partial charge in [0.2, 0.25) is 11.8 Å². The van der Waals surface area contributed by atoms with Gasteiger partial charge < -0.3 is 19.1 Å². The lowest BCUT2D eigenvalue weighted by Crippen LogP contribution is -2.48. The number of rotatable bonds is 13. The van der Waals surface area contributed by atoms with Gasteiger partial charge in [0.1, 0.15) is 6.61 Å². The molecule has 0 spiro atoms. The van der Waals surface area contributed by atoms with Crippen LogP contribution in [0.25, 0.3) is 0 Å². The quantitative estimate of drug-likeness (QED) is 0.230. The van der Waals surface area contributed by atoms with Gasteiger partial charge in [-0.2, -0.15) is 0 Å². The van der Waals surface area contributed by atoms with Crippen LogP contribution in [0.2, 0.25) is 0 Å². The number of nitrogens with zero attached hydrogens (tertiary/aromatic N) is 3. The number of amides is 2. The molecule has 208 valence electrons. The first-order valence-corrected chi connectivity index (χ1v) is 14.9. The molecular formula is C32H40BrN3O3. The summed E-state index contributed by atoms with van der Waals surface area (Å²) in [7, 11) is 0. The molecule has 0 unspecified atom stereocenters. The number of hydrogen-bond acceptors (Lipinski definition) is 3. The summed E-state index contributed by atoms with van der Waals surface area (Å²) in [6.07, 6.45) is 8.40. The van der Waals surface area contributed by atoms with E-state index in [-0.39, 0.29) is 31.0 Å². The maximum atomic E-state index is 13.8. The number of aromatic nitrogens is 1. The van der Waals surface area contributed by atoms with Crippen molar-refractivity contribution in [3.05, 3.63) is 94.2 Å². The van der Waals surface area contributed by atoms with E-state index < -0.39 is 0 Å². The number of ether oxygens (including phenoxy) is 1. The van der Waals surface area contributed by atoms with Crippen LogP contribution in [0.3, 0.4) is 0 Å². The van der Waals surface area contributed by atoms with Crippen LogP contribution in [0.1, 0.15) is 62.3 Å². The highest BCUT2D eigenvalue weighted by Crippen LogP contribution is 2.25. The highest BCUT2D eigenvalue weighted by molar-refractivity contribution is 9.10. The molecule has 0 bridgehead atoms. The molecule has 7 heteroatoms. The van der Waals surface area contributed by atoms with Crippen LogP contribution in [0.5, 0.6) is 0 Å². The lowest BCUT2D eigenvalue weighted by atomic mass is 9.94.